The summed E-state index contributed by atoms with van der Waals surface area (Å²) in [5.74, 6) is 0. The van der Waals surface area contributed by atoms with Crippen LogP contribution >= 0.6 is 0 Å². The van der Waals surface area contributed by atoms with Gasteiger partial charge in [-0.25, -0.2) is 0 Å². The van der Waals surface area contributed by atoms with E-state index in [1.165, 1.54) is 0 Å². The third-order valence-electron chi connectivity index (χ3n) is 4.55. The summed E-state index contributed by atoms with van der Waals surface area (Å²) in [6.07, 6.45) is 2.07. The monoisotopic (exact) mass is 344 g/mol. The standard InChI is InChI=1S/C16H40N8/c17-3-5-21-13-15(19)1-7-23-9-11-24(12-10-23)8-2-16(20)14-22-6-4-18/h15-16,21-22H,1-14,17-20H2. The maximum atomic E-state index is 6.12. The molecule has 8 heteroatoms. The van der Waals surface area contributed by atoms with Crippen molar-refractivity contribution < 1.29 is 0 Å². The first-order chi connectivity index (χ1) is 11.7. The molecular weight excluding hydrogens is 304 g/mol. The second-order valence-electron chi connectivity index (χ2n) is 6.77. The molecule has 1 saturated heterocycles. The smallest absolute Gasteiger partial charge is 0.0177 e. The Morgan fingerprint density at radius 1 is 0.708 bits per heavy atom. The maximum absolute atomic E-state index is 6.12. The Morgan fingerprint density at radius 2 is 1.08 bits per heavy atom. The van der Waals surface area contributed by atoms with E-state index in [9.17, 15) is 0 Å². The Balaban J connectivity index is 2.03. The zero-order valence-electron chi connectivity index (χ0n) is 15.3. The summed E-state index contributed by atoms with van der Waals surface area (Å²) in [4.78, 5) is 5.03. The van der Waals surface area contributed by atoms with Crippen LogP contribution in [0.1, 0.15) is 12.8 Å². The van der Waals surface area contributed by atoms with E-state index in [4.69, 9.17) is 22.9 Å². The van der Waals surface area contributed by atoms with Crippen LogP contribution in [0.2, 0.25) is 0 Å². The second kappa shape index (κ2) is 13.9. The van der Waals surface area contributed by atoms with Crippen LogP contribution in [0.25, 0.3) is 0 Å². The van der Waals surface area contributed by atoms with Gasteiger partial charge >= 0.3 is 0 Å². The SMILES string of the molecule is NCCNCC(N)CCN1CCN(CCC(N)CNCCN)CC1. The predicted molar refractivity (Wildman–Crippen MR) is 102 cm³/mol. The molecule has 8 nitrogen and oxygen atoms in total. The van der Waals surface area contributed by atoms with Gasteiger partial charge in [-0.3, -0.25) is 0 Å². The fourth-order valence-corrected chi connectivity index (χ4v) is 2.92. The first-order valence-electron chi connectivity index (χ1n) is 9.43. The molecule has 0 aromatic rings. The molecule has 2 unspecified atom stereocenters. The number of hydrogen-bond acceptors (Lipinski definition) is 8. The van der Waals surface area contributed by atoms with Gasteiger partial charge in [-0.1, -0.05) is 0 Å². The predicted octanol–water partition coefficient (Wildman–Crippen LogP) is -2.86. The number of nitrogens with zero attached hydrogens (tertiary/aromatic N) is 2. The Morgan fingerprint density at radius 3 is 1.42 bits per heavy atom. The average molecular weight is 345 g/mol. The number of nitrogens with one attached hydrogen (secondary N) is 2. The fraction of sp³-hybridized carbons (Fsp3) is 1.00. The topological polar surface area (TPSA) is 135 Å². The van der Waals surface area contributed by atoms with Crippen molar-refractivity contribution in [3.63, 3.8) is 0 Å². The highest BCUT2D eigenvalue weighted by molar-refractivity contribution is 4.76. The molecule has 1 fully saturated rings. The van der Waals surface area contributed by atoms with Crippen LogP contribution in [0.3, 0.4) is 0 Å². The third-order valence-corrected chi connectivity index (χ3v) is 4.55. The zero-order valence-corrected chi connectivity index (χ0v) is 15.3. The van der Waals surface area contributed by atoms with Gasteiger partial charge in [0.2, 0.25) is 0 Å². The molecule has 2 atom stereocenters. The van der Waals surface area contributed by atoms with Gasteiger partial charge in [0.15, 0.2) is 0 Å². The van der Waals surface area contributed by atoms with Gasteiger partial charge in [0.05, 0.1) is 0 Å². The molecule has 10 N–H and O–H groups in total. The molecule has 0 radical (unpaired) electrons. The van der Waals surface area contributed by atoms with Crippen molar-refractivity contribution in [1.29, 1.82) is 0 Å². The molecule has 0 amide bonds. The molecule has 24 heavy (non-hydrogen) atoms. The minimum absolute atomic E-state index is 0.216. The minimum atomic E-state index is 0.216. The summed E-state index contributed by atoms with van der Waals surface area (Å²) in [5.41, 5.74) is 23.2. The number of rotatable bonds is 14. The molecule has 0 aliphatic carbocycles. The van der Waals surface area contributed by atoms with E-state index in [-0.39, 0.29) is 12.1 Å². The summed E-state index contributed by atoms with van der Waals surface area (Å²) in [6, 6.07) is 0.433. The highest BCUT2D eigenvalue weighted by Crippen LogP contribution is 2.04. The minimum Gasteiger partial charge on any atom is -0.329 e. The summed E-state index contributed by atoms with van der Waals surface area (Å²) >= 11 is 0. The van der Waals surface area contributed by atoms with Gasteiger partial charge < -0.3 is 43.4 Å². The van der Waals surface area contributed by atoms with Gasteiger partial charge in [0, 0.05) is 77.5 Å². The lowest BCUT2D eigenvalue weighted by molar-refractivity contribution is 0.126. The summed E-state index contributed by atoms with van der Waals surface area (Å²) in [5, 5.41) is 6.55. The number of hydrogen-bond donors (Lipinski definition) is 6. The second-order valence-corrected chi connectivity index (χ2v) is 6.77. The van der Waals surface area contributed by atoms with Crippen molar-refractivity contribution in [3.05, 3.63) is 0 Å². The van der Waals surface area contributed by atoms with E-state index >= 15 is 0 Å². The molecular formula is C16H40N8. The molecule has 1 rings (SSSR count). The third kappa shape index (κ3) is 10.5. The van der Waals surface area contributed by atoms with Crippen LogP contribution in [0.4, 0.5) is 0 Å². The quantitative estimate of drug-likeness (QED) is 0.185. The first kappa shape index (κ1) is 21.7. The Kier molecular flexibility index (Phi) is 12.6. The van der Waals surface area contributed by atoms with Crippen molar-refractivity contribution >= 4 is 0 Å². The van der Waals surface area contributed by atoms with Crippen molar-refractivity contribution in [3.8, 4) is 0 Å². The van der Waals surface area contributed by atoms with Crippen molar-refractivity contribution in [1.82, 2.24) is 20.4 Å². The first-order valence-corrected chi connectivity index (χ1v) is 9.43. The summed E-state index contributed by atoms with van der Waals surface area (Å²) < 4.78 is 0. The molecule has 144 valence electrons. The fourth-order valence-electron chi connectivity index (χ4n) is 2.92. The van der Waals surface area contributed by atoms with E-state index in [0.717, 1.165) is 78.3 Å². The van der Waals surface area contributed by atoms with E-state index in [0.29, 0.717) is 13.1 Å². The van der Waals surface area contributed by atoms with Crippen molar-refractivity contribution in [2.75, 3.05) is 78.5 Å². The molecule has 1 heterocycles. The maximum Gasteiger partial charge on any atom is 0.0177 e. The lowest BCUT2D eigenvalue weighted by Crippen LogP contribution is -2.49. The van der Waals surface area contributed by atoms with Crippen LogP contribution in [-0.2, 0) is 0 Å². The molecule has 0 saturated carbocycles. The molecule has 0 aromatic carbocycles. The van der Waals surface area contributed by atoms with Crippen molar-refractivity contribution in [2.24, 2.45) is 22.9 Å². The van der Waals surface area contributed by atoms with Gasteiger partial charge in [-0.15, -0.1) is 0 Å². The number of piperazine rings is 1. The van der Waals surface area contributed by atoms with Crippen LogP contribution in [0.15, 0.2) is 0 Å². The molecule has 0 bridgehead atoms. The lowest BCUT2D eigenvalue weighted by atomic mass is 10.1. The van der Waals surface area contributed by atoms with E-state index in [1.54, 1.807) is 0 Å². The Hall–Kier alpha value is -0.320. The van der Waals surface area contributed by atoms with Gasteiger partial charge in [-0.2, -0.15) is 0 Å². The van der Waals surface area contributed by atoms with Gasteiger partial charge in [0.1, 0.15) is 0 Å². The van der Waals surface area contributed by atoms with Crippen LogP contribution in [0.5, 0.6) is 0 Å². The highest BCUT2D eigenvalue weighted by Gasteiger charge is 2.17. The largest absolute Gasteiger partial charge is 0.329 e. The van der Waals surface area contributed by atoms with E-state index in [2.05, 4.69) is 20.4 Å². The Labute approximate surface area is 147 Å². The average Bonchev–Trinajstić information content (AvgIpc) is 2.59. The highest BCUT2D eigenvalue weighted by atomic mass is 15.3. The van der Waals surface area contributed by atoms with Crippen LogP contribution in [0, 0.1) is 0 Å². The number of nitrogens with two attached hydrogens (primary N) is 4. The van der Waals surface area contributed by atoms with Crippen LogP contribution < -0.4 is 33.6 Å². The molecule has 1 aliphatic heterocycles. The van der Waals surface area contributed by atoms with Crippen molar-refractivity contribution in [2.45, 2.75) is 24.9 Å². The molecule has 0 aromatic heterocycles. The van der Waals surface area contributed by atoms with Gasteiger partial charge in [0.25, 0.3) is 0 Å². The van der Waals surface area contributed by atoms with E-state index in [1.807, 2.05) is 0 Å². The van der Waals surface area contributed by atoms with Crippen LogP contribution in [-0.4, -0.2) is 100 Å². The summed E-state index contributed by atoms with van der Waals surface area (Å²) in [7, 11) is 0. The summed E-state index contributed by atoms with van der Waals surface area (Å²) in [6.45, 7) is 11.4. The molecule has 1 aliphatic rings. The normalized spacial score (nSPS) is 19.5. The lowest BCUT2D eigenvalue weighted by Gasteiger charge is -2.35. The van der Waals surface area contributed by atoms with Gasteiger partial charge in [-0.05, 0) is 25.9 Å². The Bertz CT molecular complexity index is 255. The van der Waals surface area contributed by atoms with E-state index < -0.39 is 0 Å². The zero-order chi connectivity index (χ0) is 17.6. The molecule has 0 spiro atoms.